The van der Waals surface area contributed by atoms with E-state index in [1.807, 2.05) is 48.5 Å². The van der Waals surface area contributed by atoms with Gasteiger partial charge >= 0.3 is 0 Å². The second-order valence-electron chi connectivity index (χ2n) is 3.39. The van der Waals surface area contributed by atoms with Crippen LogP contribution in [-0.2, 0) is 6.54 Å². The minimum absolute atomic E-state index is 0.335. The van der Waals surface area contributed by atoms with Crippen LogP contribution >= 0.6 is 0 Å². The Morgan fingerprint density at radius 3 is 2.69 bits per heavy atom. The second kappa shape index (κ2) is 5.15. The topological polar surface area (TPSA) is 49.0 Å². The predicted molar refractivity (Wildman–Crippen MR) is 61.5 cm³/mol. The van der Waals surface area contributed by atoms with Crippen LogP contribution in [0.5, 0.6) is 0 Å². The number of rotatable bonds is 4. The number of nitriles is 1. The summed E-state index contributed by atoms with van der Waals surface area (Å²) in [6.45, 7) is 0.918. The zero-order chi connectivity index (χ0) is 11.2. The first kappa shape index (κ1) is 10.5. The van der Waals surface area contributed by atoms with Crippen LogP contribution in [0.25, 0.3) is 11.3 Å². The first-order valence-electron chi connectivity index (χ1n) is 5.12. The van der Waals surface area contributed by atoms with Gasteiger partial charge < -0.3 is 4.42 Å². The van der Waals surface area contributed by atoms with E-state index >= 15 is 0 Å². The van der Waals surface area contributed by atoms with Crippen molar-refractivity contribution in [3.63, 3.8) is 0 Å². The Morgan fingerprint density at radius 1 is 1.12 bits per heavy atom. The third kappa shape index (κ3) is 2.50. The lowest BCUT2D eigenvalue weighted by Gasteiger charge is -1.97. The van der Waals surface area contributed by atoms with E-state index < -0.39 is 0 Å². The van der Waals surface area contributed by atoms with Gasteiger partial charge in [0.05, 0.1) is 19.2 Å². The highest BCUT2D eigenvalue weighted by Crippen LogP contribution is 2.21. The molecule has 0 aliphatic carbocycles. The lowest BCUT2D eigenvalue weighted by atomic mass is 10.2. The molecule has 0 aliphatic heterocycles. The molecule has 1 aromatic carbocycles. The van der Waals surface area contributed by atoms with Crippen molar-refractivity contribution in [2.45, 2.75) is 6.54 Å². The summed E-state index contributed by atoms with van der Waals surface area (Å²) in [6.07, 6.45) is 0. The van der Waals surface area contributed by atoms with Gasteiger partial charge in [-0.3, -0.25) is 5.32 Å². The lowest BCUT2D eigenvalue weighted by molar-refractivity contribution is 0.502. The highest BCUT2D eigenvalue weighted by molar-refractivity contribution is 5.57. The Morgan fingerprint density at radius 2 is 1.94 bits per heavy atom. The van der Waals surface area contributed by atoms with Gasteiger partial charge in [0, 0.05) is 5.56 Å². The number of nitrogens with one attached hydrogen (secondary N) is 1. The smallest absolute Gasteiger partial charge is 0.134 e. The molecule has 16 heavy (non-hydrogen) atoms. The quantitative estimate of drug-likeness (QED) is 0.626. The second-order valence-corrected chi connectivity index (χ2v) is 3.39. The molecule has 0 aliphatic rings. The Balaban J connectivity index is 2.06. The zero-order valence-corrected chi connectivity index (χ0v) is 8.81. The van der Waals surface area contributed by atoms with Crippen LogP contribution in [0.4, 0.5) is 0 Å². The van der Waals surface area contributed by atoms with E-state index in [0.717, 1.165) is 17.1 Å². The van der Waals surface area contributed by atoms with Crippen LogP contribution in [0, 0.1) is 11.3 Å². The monoisotopic (exact) mass is 212 g/mol. The fraction of sp³-hybridized carbons (Fsp3) is 0.154. The average molecular weight is 212 g/mol. The first-order chi connectivity index (χ1) is 7.90. The summed E-state index contributed by atoms with van der Waals surface area (Å²) in [4.78, 5) is 0. The Labute approximate surface area is 94.3 Å². The highest BCUT2D eigenvalue weighted by Gasteiger charge is 2.03. The van der Waals surface area contributed by atoms with E-state index in [1.165, 1.54) is 0 Å². The van der Waals surface area contributed by atoms with Gasteiger partial charge in [0.15, 0.2) is 0 Å². The summed E-state index contributed by atoms with van der Waals surface area (Å²) in [5, 5.41) is 11.3. The highest BCUT2D eigenvalue weighted by atomic mass is 16.3. The van der Waals surface area contributed by atoms with Gasteiger partial charge in [-0.25, -0.2) is 0 Å². The maximum Gasteiger partial charge on any atom is 0.134 e. The molecule has 2 aromatic rings. The Kier molecular flexibility index (Phi) is 3.37. The van der Waals surface area contributed by atoms with E-state index in [0.29, 0.717) is 13.1 Å². The van der Waals surface area contributed by atoms with Gasteiger partial charge in [0.2, 0.25) is 0 Å². The zero-order valence-electron chi connectivity index (χ0n) is 8.81. The Hall–Kier alpha value is -2.05. The van der Waals surface area contributed by atoms with Crippen molar-refractivity contribution < 1.29 is 4.42 Å². The molecule has 3 heteroatoms. The minimum atomic E-state index is 0.335. The summed E-state index contributed by atoms with van der Waals surface area (Å²) < 4.78 is 5.64. The molecule has 0 spiro atoms. The van der Waals surface area contributed by atoms with Crippen molar-refractivity contribution in [1.29, 1.82) is 5.26 Å². The molecule has 1 aromatic heterocycles. The molecule has 0 fully saturated rings. The van der Waals surface area contributed by atoms with E-state index in [-0.39, 0.29) is 0 Å². The van der Waals surface area contributed by atoms with Gasteiger partial charge in [-0.1, -0.05) is 30.3 Å². The van der Waals surface area contributed by atoms with E-state index in [2.05, 4.69) is 5.32 Å². The largest absolute Gasteiger partial charge is 0.460 e. The van der Waals surface area contributed by atoms with Gasteiger partial charge in [-0.15, -0.1) is 0 Å². The molecular formula is C13H12N2O. The van der Waals surface area contributed by atoms with Gasteiger partial charge in [0.25, 0.3) is 0 Å². The van der Waals surface area contributed by atoms with Crippen molar-refractivity contribution in [3.05, 3.63) is 48.2 Å². The van der Waals surface area contributed by atoms with Crippen molar-refractivity contribution in [3.8, 4) is 17.4 Å². The first-order valence-corrected chi connectivity index (χ1v) is 5.12. The van der Waals surface area contributed by atoms with E-state index in [1.54, 1.807) is 0 Å². The molecule has 1 heterocycles. The summed E-state index contributed by atoms with van der Waals surface area (Å²) in [5.41, 5.74) is 1.06. The third-order valence-electron chi connectivity index (χ3n) is 2.22. The Bertz CT molecular complexity index is 482. The maximum atomic E-state index is 8.38. The fourth-order valence-corrected chi connectivity index (χ4v) is 1.47. The molecule has 0 amide bonds. The molecule has 0 unspecified atom stereocenters. The molecule has 1 N–H and O–H groups in total. The number of nitrogens with zero attached hydrogens (tertiary/aromatic N) is 1. The average Bonchev–Trinajstić information content (AvgIpc) is 2.79. The van der Waals surface area contributed by atoms with Crippen molar-refractivity contribution in [2.75, 3.05) is 6.54 Å². The normalized spacial score (nSPS) is 9.94. The van der Waals surface area contributed by atoms with Gasteiger partial charge in [0.1, 0.15) is 11.5 Å². The predicted octanol–water partition coefficient (Wildman–Crippen LogP) is 2.56. The van der Waals surface area contributed by atoms with Crippen molar-refractivity contribution in [2.24, 2.45) is 0 Å². The minimum Gasteiger partial charge on any atom is -0.460 e. The maximum absolute atomic E-state index is 8.38. The molecule has 0 bridgehead atoms. The standard InChI is InChI=1S/C13H12N2O/c14-8-9-15-10-12-6-7-13(16-12)11-4-2-1-3-5-11/h1-7,15H,9-10H2. The number of benzene rings is 1. The molecule has 2 rings (SSSR count). The van der Waals surface area contributed by atoms with Crippen LogP contribution in [-0.4, -0.2) is 6.54 Å². The SMILES string of the molecule is N#CCNCc1ccc(-c2ccccc2)o1. The summed E-state index contributed by atoms with van der Waals surface area (Å²) in [7, 11) is 0. The van der Waals surface area contributed by atoms with Crippen molar-refractivity contribution in [1.82, 2.24) is 5.32 Å². The molecule has 0 atom stereocenters. The molecule has 80 valence electrons. The molecule has 3 nitrogen and oxygen atoms in total. The molecule has 0 radical (unpaired) electrons. The number of furan rings is 1. The van der Waals surface area contributed by atoms with E-state index in [4.69, 9.17) is 9.68 Å². The number of hydrogen-bond donors (Lipinski definition) is 1. The van der Waals surface area contributed by atoms with E-state index in [9.17, 15) is 0 Å². The van der Waals surface area contributed by atoms with Crippen LogP contribution in [0.1, 0.15) is 5.76 Å². The molecule has 0 saturated carbocycles. The summed E-state index contributed by atoms with van der Waals surface area (Å²) >= 11 is 0. The summed E-state index contributed by atoms with van der Waals surface area (Å²) in [5.74, 6) is 1.70. The van der Waals surface area contributed by atoms with Crippen LogP contribution in [0.15, 0.2) is 46.9 Å². The summed E-state index contributed by atoms with van der Waals surface area (Å²) in [6, 6.07) is 15.8. The van der Waals surface area contributed by atoms with Gasteiger partial charge in [-0.2, -0.15) is 5.26 Å². The van der Waals surface area contributed by atoms with Gasteiger partial charge in [-0.05, 0) is 12.1 Å². The van der Waals surface area contributed by atoms with Crippen LogP contribution < -0.4 is 5.32 Å². The molecular weight excluding hydrogens is 200 g/mol. The van der Waals surface area contributed by atoms with Crippen LogP contribution in [0.3, 0.4) is 0 Å². The fourth-order valence-electron chi connectivity index (χ4n) is 1.47. The molecule has 0 saturated heterocycles. The van der Waals surface area contributed by atoms with Crippen molar-refractivity contribution >= 4 is 0 Å². The van der Waals surface area contributed by atoms with Crippen LogP contribution in [0.2, 0.25) is 0 Å². The lowest BCUT2D eigenvalue weighted by Crippen LogP contribution is -2.12. The number of hydrogen-bond acceptors (Lipinski definition) is 3. The third-order valence-corrected chi connectivity index (χ3v) is 2.22.